The topological polar surface area (TPSA) is 46.1 Å². The zero-order chi connectivity index (χ0) is 18.9. The van der Waals surface area contributed by atoms with E-state index in [1.54, 1.807) is 11.3 Å². The molecule has 0 saturated carbocycles. The summed E-state index contributed by atoms with van der Waals surface area (Å²) in [5.41, 5.74) is 2.66. The van der Waals surface area contributed by atoms with Gasteiger partial charge in [0.25, 0.3) is 5.91 Å². The number of hydrogen-bond donors (Lipinski definition) is 0. The molecule has 3 heterocycles. The fourth-order valence-corrected chi connectivity index (χ4v) is 5.57. The average Bonchev–Trinajstić information content (AvgIpc) is 3.41. The molecular weight excluding hydrogens is 386 g/mol. The van der Waals surface area contributed by atoms with Crippen molar-refractivity contribution in [2.24, 2.45) is 0 Å². The van der Waals surface area contributed by atoms with E-state index in [0.29, 0.717) is 11.6 Å². The Bertz CT molecular complexity index is 1090. The van der Waals surface area contributed by atoms with Crippen LogP contribution in [0.25, 0.3) is 20.8 Å². The van der Waals surface area contributed by atoms with Gasteiger partial charge in [-0.15, -0.1) is 22.7 Å². The number of aromatic nitrogens is 2. The molecule has 0 aliphatic carbocycles. The van der Waals surface area contributed by atoms with Gasteiger partial charge in [-0.1, -0.05) is 42.5 Å². The van der Waals surface area contributed by atoms with E-state index in [9.17, 15) is 4.79 Å². The lowest BCUT2D eigenvalue weighted by molar-refractivity contribution is 0.0702. The van der Waals surface area contributed by atoms with E-state index in [2.05, 4.69) is 17.1 Å². The van der Waals surface area contributed by atoms with Crippen LogP contribution in [0.15, 0.2) is 60.0 Å². The van der Waals surface area contributed by atoms with Crippen molar-refractivity contribution >= 4 is 38.8 Å². The highest BCUT2D eigenvalue weighted by Gasteiger charge is 2.28. The fourth-order valence-electron chi connectivity index (χ4n) is 3.68. The van der Waals surface area contributed by atoms with Crippen LogP contribution < -0.4 is 0 Å². The Morgan fingerprint density at radius 2 is 1.86 bits per heavy atom. The number of carbonyl (C=O) groups is 1. The Hall–Kier alpha value is -2.57. The number of piperidine rings is 1. The molecule has 1 aliphatic heterocycles. The minimum atomic E-state index is 0.0317. The smallest absolute Gasteiger partial charge is 0.273 e. The molecule has 0 spiro atoms. The third-order valence-electron chi connectivity index (χ3n) is 5.11. The predicted molar refractivity (Wildman–Crippen MR) is 115 cm³/mol. The van der Waals surface area contributed by atoms with E-state index in [1.165, 1.54) is 16.0 Å². The molecule has 0 radical (unpaired) electrons. The Morgan fingerprint density at radius 1 is 1.04 bits per heavy atom. The van der Waals surface area contributed by atoms with Crippen molar-refractivity contribution < 1.29 is 4.79 Å². The standard InChI is InChI=1S/C22H19N3OS2/c26-22(18-14-27-20(24-18)15-7-2-1-3-8-15)25-12-6-9-16(13-25)21-23-17-10-4-5-11-19(17)28-21/h1-5,7-8,10-11,14,16H,6,9,12-13H2. The van der Waals surface area contributed by atoms with E-state index in [4.69, 9.17) is 4.98 Å². The van der Waals surface area contributed by atoms with E-state index in [1.807, 2.05) is 52.7 Å². The number of nitrogens with zero attached hydrogens (tertiary/aromatic N) is 3. The molecule has 4 nitrogen and oxygen atoms in total. The van der Waals surface area contributed by atoms with Gasteiger partial charge in [0.2, 0.25) is 0 Å². The largest absolute Gasteiger partial charge is 0.337 e. The maximum absolute atomic E-state index is 13.0. The molecule has 5 rings (SSSR count). The normalized spacial score (nSPS) is 17.1. The minimum Gasteiger partial charge on any atom is -0.337 e. The van der Waals surface area contributed by atoms with Crippen LogP contribution in [0.5, 0.6) is 0 Å². The highest BCUT2D eigenvalue weighted by atomic mass is 32.1. The van der Waals surface area contributed by atoms with Crippen LogP contribution in [-0.2, 0) is 0 Å². The SMILES string of the molecule is O=C(c1csc(-c2ccccc2)n1)N1CCCC(c2nc3ccccc3s2)C1. The van der Waals surface area contributed by atoms with Gasteiger partial charge in [0.1, 0.15) is 10.7 Å². The summed E-state index contributed by atoms with van der Waals surface area (Å²) >= 11 is 3.28. The number of carbonyl (C=O) groups excluding carboxylic acids is 1. The Labute approximate surface area is 171 Å². The van der Waals surface area contributed by atoms with Gasteiger partial charge in [-0.2, -0.15) is 0 Å². The maximum atomic E-state index is 13.0. The second kappa shape index (κ2) is 7.45. The number of fused-ring (bicyclic) bond motifs is 1. The Kier molecular flexibility index (Phi) is 4.66. The molecule has 1 saturated heterocycles. The summed E-state index contributed by atoms with van der Waals surface area (Å²) in [6, 6.07) is 18.3. The molecule has 28 heavy (non-hydrogen) atoms. The van der Waals surface area contributed by atoms with Crippen molar-refractivity contribution in [3.63, 3.8) is 0 Å². The second-order valence-corrected chi connectivity index (χ2v) is 8.93. The molecule has 4 aromatic rings. The summed E-state index contributed by atoms with van der Waals surface area (Å²) in [5, 5.41) is 3.91. The van der Waals surface area contributed by atoms with Crippen molar-refractivity contribution in [1.29, 1.82) is 0 Å². The number of amides is 1. The monoisotopic (exact) mass is 405 g/mol. The molecule has 1 aliphatic rings. The molecular formula is C22H19N3OS2. The number of benzene rings is 2. The third kappa shape index (κ3) is 3.34. The van der Waals surface area contributed by atoms with E-state index < -0.39 is 0 Å². The van der Waals surface area contributed by atoms with Crippen molar-refractivity contribution in [3.05, 3.63) is 70.7 Å². The molecule has 140 valence electrons. The zero-order valence-electron chi connectivity index (χ0n) is 15.2. The molecule has 1 fully saturated rings. The Balaban J connectivity index is 1.35. The van der Waals surface area contributed by atoms with E-state index in [0.717, 1.165) is 47.0 Å². The van der Waals surface area contributed by atoms with Gasteiger partial charge in [-0.25, -0.2) is 9.97 Å². The van der Waals surface area contributed by atoms with Gasteiger partial charge in [-0.3, -0.25) is 4.79 Å². The summed E-state index contributed by atoms with van der Waals surface area (Å²) in [7, 11) is 0. The van der Waals surface area contributed by atoms with Crippen LogP contribution in [0.1, 0.15) is 34.3 Å². The molecule has 0 bridgehead atoms. The lowest BCUT2D eigenvalue weighted by atomic mass is 9.98. The molecule has 1 amide bonds. The molecule has 0 N–H and O–H groups in total. The minimum absolute atomic E-state index is 0.0317. The summed E-state index contributed by atoms with van der Waals surface area (Å²) in [6.45, 7) is 1.51. The lowest BCUT2D eigenvalue weighted by Crippen LogP contribution is -2.39. The molecule has 2 aromatic heterocycles. The van der Waals surface area contributed by atoms with Crippen LogP contribution in [0.2, 0.25) is 0 Å². The number of likely N-dealkylation sites (tertiary alicyclic amines) is 1. The van der Waals surface area contributed by atoms with Gasteiger partial charge in [0.05, 0.1) is 15.2 Å². The highest BCUT2D eigenvalue weighted by Crippen LogP contribution is 2.33. The first-order valence-corrected chi connectivity index (χ1v) is 11.1. The van der Waals surface area contributed by atoms with Crippen LogP contribution in [0, 0.1) is 0 Å². The quantitative estimate of drug-likeness (QED) is 0.456. The van der Waals surface area contributed by atoms with Crippen molar-refractivity contribution in [2.45, 2.75) is 18.8 Å². The zero-order valence-corrected chi connectivity index (χ0v) is 16.9. The lowest BCUT2D eigenvalue weighted by Gasteiger charge is -2.31. The van der Waals surface area contributed by atoms with Crippen LogP contribution in [0.4, 0.5) is 0 Å². The van der Waals surface area contributed by atoms with Gasteiger partial charge >= 0.3 is 0 Å². The average molecular weight is 406 g/mol. The van der Waals surface area contributed by atoms with Crippen molar-refractivity contribution in [2.75, 3.05) is 13.1 Å². The second-order valence-electron chi connectivity index (χ2n) is 7.01. The first-order valence-electron chi connectivity index (χ1n) is 9.43. The van der Waals surface area contributed by atoms with E-state index in [-0.39, 0.29) is 5.91 Å². The first-order chi connectivity index (χ1) is 13.8. The fraction of sp³-hybridized carbons (Fsp3) is 0.227. The van der Waals surface area contributed by atoms with Crippen LogP contribution in [-0.4, -0.2) is 33.9 Å². The number of rotatable bonds is 3. The molecule has 1 unspecified atom stereocenters. The van der Waals surface area contributed by atoms with Gasteiger partial charge < -0.3 is 4.90 Å². The number of para-hydroxylation sites is 1. The van der Waals surface area contributed by atoms with Gasteiger partial charge in [-0.05, 0) is 25.0 Å². The summed E-state index contributed by atoms with van der Waals surface area (Å²) in [5.74, 6) is 0.339. The highest BCUT2D eigenvalue weighted by molar-refractivity contribution is 7.18. The maximum Gasteiger partial charge on any atom is 0.273 e. The summed E-state index contributed by atoms with van der Waals surface area (Å²) < 4.78 is 1.22. The predicted octanol–water partition coefficient (Wildman–Crippen LogP) is 5.44. The summed E-state index contributed by atoms with van der Waals surface area (Å²) in [4.78, 5) is 24.4. The molecule has 6 heteroatoms. The van der Waals surface area contributed by atoms with E-state index >= 15 is 0 Å². The van der Waals surface area contributed by atoms with Crippen molar-refractivity contribution in [3.8, 4) is 10.6 Å². The third-order valence-corrected chi connectivity index (χ3v) is 7.20. The van der Waals surface area contributed by atoms with Crippen molar-refractivity contribution in [1.82, 2.24) is 14.9 Å². The van der Waals surface area contributed by atoms with Gasteiger partial charge in [0.15, 0.2) is 0 Å². The van der Waals surface area contributed by atoms with Crippen LogP contribution in [0.3, 0.4) is 0 Å². The first kappa shape index (κ1) is 17.5. The van der Waals surface area contributed by atoms with Gasteiger partial charge in [0, 0.05) is 30.0 Å². The number of thiazole rings is 2. The van der Waals surface area contributed by atoms with Crippen LogP contribution >= 0.6 is 22.7 Å². The molecule has 1 atom stereocenters. The molecule has 2 aromatic carbocycles. The Morgan fingerprint density at radius 3 is 2.71 bits per heavy atom. The summed E-state index contributed by atoms with van der Waals surface area (Å²) in [6.07, 6.45) is 2.08. The number of hydrogen-bond acceptors (Lipinski definition) is 5.